The van der Waals surface area contributed by atoms with Crippen molar-refractivity contribution in [1.29, 1.82) is 0 Å². The number of amides is 1. The minimum Gasteiger partial charge on any atom is -0.350 e. The topological polar surface area (TPSA) is 45.2 Å². The number of nitrogens with one attached hydrogen (secondary N) is 1. The van der Waals surface area contributed by atoms with E-state index in [1.807, 2.05) is 37.3 Å². The molecular weight excluding hydrogens is 318 g/mol. The first-order valence-electron chi connectivity index (χ1n) is 8.63. The van der Waals surface area contributed by atoms with Gasteiger partial charge in [0.25, 0.3) is 5.91 Å². The summed E-state index contributed by atoms with van der Waals surface area (Å²) in [6.07, 6.45) is 3.54. The van der Waals surface area contributed by atoms with Crippen LogP contribution >= 0.6 is 11.3 Å². The van der Waals surface area contributed by atoms with E-state index < -0.39 is 0 Å². The van der Waals surface area contributed by atoms with Crippen LogP contribution < -0.4 is 5.32 Å². The molecule has 1 aliphatic rings. The Hall–Kier alpha value is -1.72. The maximum atomic E-state index is 12.4. The summed E-state index contributed by atoms with van der Waals surface area (Å²) < 4.78 is 0. The maximum Gasteiger partial charge on any atom is 0.280 e. The molecule has 1 saturated heterocycles. The first kappa shape index (κ1) is 17.1. The van der Waals surface area contributed by atoms with E-state index in [2.05, 4.69) is 22.2 Å². The standard InChI is InChI=1S/C19H25N3OS/c1-14-17(16-6-4-3-5-7-16)21-19(24-14)18(23)20-11-8-15-9-12-22(2)13-10-15/h3-7,15H,8-13H2,1-2H3,(H,20,23). The van der Waals surface area contributed by atoms with Crippen LogP contribution in [0.15, 0.2) is 30.3 Å². The third-order valence-corrected chi connectivity index (χ3v) is 5.68. The Labute approximate surface area is 147 Å². The van der Waals surface area contributed by atoms with Crippen LogP contribution in [0.1, 0.15) is 33.9 Å². The highest BCUT2D eigenvalue weighted by molar-refractivity contribution is 7.14. The monoisotopic (exact) mass is 343 g/mol. The molecule has 0 saturated carbocycles. The van der Waals surface area contributed by atoms with E-state index in [9.17, 15) is 4.79 Å². The molecule has 5 heteroatoms. The minimum atomic E-state index is -0.0433. The van der Waals surface area contributed by atoms with E-state index in [0.717, 1.165) is 35.0 Å². The van der Waals surface area contributed by atoms with Gasteiger partial charge in [-0.15, -0.1) is 11.3 Å². The maximum absolute atomic E-state index is 12.4. The molecule has 1 amide bonds. The second-order valence-electron chi connectivity index (χ2n) is 6.58. The van der Waals surface area contributed by atoms with Gasteiger partial charge in [-0.25, -0.2) is 4.98 Å². The quantitative estimate of drug-likeness (QED) is 0.902. The van der Waals surface area contributed by atoms with Gasteiger partial charge in [-0.2, -0.15) is 0 Å². The van der Waals surface area contributed by atoms with Crippen molar-refractivity contribution in [2.75, 3.05) is 26.7 Å². The molecule has 0 bridgehead atoms. The summed E-state index contributed by atoms with van der Waals surface area (Å²) in [5, 5.41) is 3.61. The highest BCUT2D eigenvalue weighted by atomic mass is 32.1. The molecule has 1 fully saturated rings. The lowest BCUT2D eigenvalue weighted by molar-refractivity contribution is 0.0948. The lowest BCUT2D eigenvalue weighted by Gasteiger charge is -2.28. The highest BCUT2D eigenvalue weighted by Crippen LogP contribution is 2.27. The van der Waals surface area contributed by atoms with E-state index >= 15 is 0 Å². The Balaban J connectivity index is 1.54. The Bertz CT molecular complexity index is 675. The average Bonchev–Trinajstić information content (AvgIpc) is 2.99. The zero-order valence-electron chi connectivity index (χ0n) is 14.4. The number of hydrogen-bond acceptors (Lipinski definition) is 4. The molecule has 128 valence electrons. The number of carbonyl (C=O) groups is 1. The third-order valence-electron chi connectivity index (χ3n) is 4.71. The number of carbonyl (C=O) groups excluding carboxylic acids is 1. The van der Waals surface area contributed by atoms with Crippen LogP contribution in [0.2, 0.25) is 0 Å². The van der Waals surface area contributed by atoms with E-state index in [0.29, 0.717) is 5.01 Å². The first-order valence-corrected chi connectivity index (χ1v) is 9.44. The highest BCUT2D eigenvalue weighted by Gasteiger charge is 2.18. The van der Waals surface area contributed by atoms with Crippen LogP contribution in [-0.2, 0) is 0 Å². The second kappa shape index (κ2) is 7.90. The summed E-state index contributed by atoms with van der Waals surface area (Å²) >= 11 is 1.47. The SMILES string of the molecule is Cc1sc(C(=O)NCCC2CCN(C)CC2)nc1-c1ccccc1. The molecule has 1 N–H and O–H groups in total. The van der Waals surface area contributed by atoms with Crippen molar-refractivity contribution in [3.8, 4) is 11.3 Å². The molecule has 0 spiro atoms. The number of benzene rings is 1. The number of thiazole rings is 1. The molecule has 4 nitrogen and oxygen atoms in total. The molecule has 1 aromatic carbocycles. The van der Waals surface area contributed by atoms with Crippen molar-refractivity contribution >= 4 is 17.2 Å². The van der Waals surface area contributed by atoms with Crippen LogP contribution in [0, 0.1) is 12.8 Å². The third kappa shape index (κ3) is 4.22. The predicted octanol–water partition coefficient (Wildman–Crippen LogP) is 3.58. The van der Waals surface area contributed by atoms with Gasteiger partial charge in [0, 0.05) is 17.0 Å². The number of piperidine rings is 1. The second-order valence-corrected chi connectivity index (χ2v) is 7.78. The molecule has 0 atom stereocenters. The van der Waals surface area contributed by atoms with Crippen molar-refractivity contribution in [3.63, 3.8) is 0 Å². The number of rotatable bonds is 5. The Kier molecular flexibility index (Phi) is 5.63. The molecule has 1 aromatic heterocycles. The van der Waals surface area contributed by atoms with Crippen molar-refractivity contribution in [1.82, 2.24) is 15.2 Å². The summed E-state index contributed by atoms with van der Waals surface area (Å²) in [5.74, 6) is 0.692. The summed E-state index contributed by atoms with van der Waals surface area (Å²) in [6, 6.07) is 10.0. The van der Waals surface area contributed by atoms with Gasteiger partial charge in [-0.1, -0.05) is 30.3 Å². The Morgan fingerprint density at radius 3 is 2.71 bits per heavy atom. The van der Waals surface area contributed by atoms with Crippen LogP contribution in [0.3, 0.4) is 0 Å². The van der Waals surface area contributed by atoms with Crippen molar-refractivity contribution in [2.24, 2.45) is 5.92 Å². The number of hydrogen-bond donors (Lipinski definition) is 1. The summed E-state index contributed by atoms with van der Waals surface area (Å²) in [7, 11) is 2.17. The van der Waals surface area contributed by atoms with E-state index in [1.54, 1.807) is 0 Å². The minimum absolute atomic E-state index is 0.0433. The van der Waals surface area contributed by atoms with Crippen LogP contribution in [0.4, 0.5) is 0 Å². The van der Waals surface area contributed by atoms with E-state index in [-0.39, 0.29) is 5.91 Å². The van der Waals surface area contributed by atoms with E-state index in [1.165, 1.54) is 37.3 Å². The molecule has 0 aliphatic carbocycles. The van der Waals surface area contributed by atoms with Gasteiger partial charge in [-0.3, -0.25) is 4.79 Å². The largest absolute Gasteiger partial charge is 0.350 e. The van der Waals surface area contributed by atoms with Crippen LogP contribution in [0.25, 0.3) is 11.3 Å². The average molecular weight is 343 g/mol. The summed E-state index contributed by atoms with van der Waals surface area (Å²) in [6.45, 7) is 5.11. The van der Waals surface area contributed by atoms with Crippen molar-refractivity contribution in [2.45, 2.75) is 26.2 Å². The van der Waals surface area contributed by atoms with Crippen molar-refractivity contribution in [3.05, 3.63) is 40.2 Å². The van der Waals surface area contributed by atoms with Crippen molar-refractivity contribution < 1.29 is 4.79 Å². The summed E-state index contributed by atoms with van der Waals surface area (Å²) in [4.78, 5) is 20.4. The van der Waals surface area contributed by atoms with Gasteiger partial charge >= 0.3 is 0 Å². The van der Waals surface area contributed by atoms with Gasteiger partial charge in [0.15, 0.2) is 5.01 Å². The zero-order chi connectivity index (χ0) is 16.9. The van der Waals surface area contributed by atoms with Gasteiger partial charge in [0.1, 0.15) is 0 Å². The smallest absolute Gasteiger partial charge is 0.280 e. The van der Waals surface area contributed by atoms with Gasteiger partial charge in [-0.05, 0) is 52.2 Å². The molecule has 2 heterocycles. The number of nitrogens with zero attached hydrogens (tertiary/aromatic N) is 2. The van der Waals surface area contributed by atoms with E-state index in [4.69, 9.17) is 0 Å². The first-order chi connectivity index (χ1) is 11.6. The molecule has 2 aromatic rings. The number of aromatic nitrogens is 1. The summed E-state index contributed by atoms with van der Waals surface area (Å²) in [5.41, 5.74) is 1.98. The Morgan fingerprint density at radius 1 is 1.29 bits per heavy atom. The molecule has 24 heavy (non-hydrogen) atoms. The lowest BCUT2D eigenvalue weighted by atomic mass is 9.94. The van der Waals surface area contributed by atoms with Gasteiger partial charge in [0.05, 0.1) is 5.69 Å². The predicted molar refractivity (Wildman–Crippen MR) is 99.5 cm³/mol. The van der Waals surface area contributed by atoms with Gasteiger partial charge < -0.3 is 10.2 Å². The fraction of sp³-hybridized carbons (Fsp3) is 0.474. The number of likely N-dealkylation sites (tertiary alicyclic amines) is 1. The normalized spacial score (nSPS) is 16.2. The van der Waals surface area contributed by atoms with Crippen LogP contribution in [-0.4, -0.2) is 42.5 Å². The lowest BCUT2D eigenvalue weighted by Crippen LogP contribution is -2.32. The van der Waals surface area contributed by atoms with Gasteiger partial charge in [0.2, 0.25) is 0 Å². The Morgan fingerprint density at radius 2 is 2.00 bits per heavy atom. The molecule has 1 aliphatic heterocycles. The fourth-order valence-electron chi connectivity index (χ4n) is 3.17. The molecule has 3 rings (SSSR count). The fourth-order valence-corrected chi connectivity index (χ4v) is 4.03. The zero-order valence-corrected chi connectivity index (χ0v) is 15.2. The molecular formula is C19H25N3OS. The molecule has 0 radical (unpaired) electrons. The van der Waals surface area contributed by atoms with Crippen LogP contribution in [0.5, 0.6) is 0 Å². The number of aryl methyl sites for hydroxylation is 1. The molecule has 0 unspecified atom stereocenters.